The van der Waals surface area contributed by atoms with E-state index < -0.39 is 39.1 Å². The molecule has 1 atom stereocenters. The number of likely N-dealkylation sites (N-methyl/N-ethyl adjacent to an activating group) is 1. The van der Waals surface area contributed by atoms with Gasteiger partial charge in [0, 0.05) is 49.8 Å². The summed E-state index contributed by atoms with van der Waals surface area (Å²) in [6, 6.07) is 8.13. The number of likely N-dealkylation sites (tertiary alicyclic amines) is 1. The molecule has 1 saturated carbocycles. The molecule has 2 heterocycles. The highest BCUT2D eigenvalue weighted by Gasteiger charge is 2.39. The molecule has 2 aromatic carbocycles. The number of piperidine rings is 1. The number of carbonyl (C=O) groups excluding carboxylic acids is 1. The summed E-state index contributed by atoms with van der Waals surface area (Å²) in [5, 5.41) is 10.6. The van der Waals surface area contributed by atoms with Crippen molar-refractivity contribution in [2.75, 3.05) is 46.4 Å². The van der Waals surface area contributed by atoms with Gasteiger partial charge in [0.2, 0.25) is 10.0 Å². The van der Waals surface area contributed by atoms with E-state index in [9.17, 15) is 27.1 Å². The second-order valence-electron chi connectivity index (χ2n) is 11.6. The molecule has 2 fully saturated rings. The van der Waals surface area contributed by atoms with Crippen molar-refractivity contribution in [3.8, 4) is 5.75 Å². The molecule has 0 bridgehead atoms. The summed E-state index contributed by atoms with van der Waals surface area (Å²) in [6.45, 7) is 1.61. The molecule has 1 spiro atoms. The Bertz CT molecular complexity index is 1320. The first-order valence-electron chi connectivity index (χ1n) is 13.9. The molecule has 1 aliphatic carbocycles. The Morgan fingerprint density at radius 2 is 1.75 bits per heavy atom. The van der Waals surface area contributed by atoms with E-state index in [0.29, 0.717) is 44.1 Å². The van der Waals surface area contributed by atoms with Crippen LogP contribution in [0.1, 0.15) is 60.4 Å². The third-order valence-electron chi connectivity index (χ3n) is 8.48. The van der Waals surface area contributed by atoms with E-state index in [4.69, 9.17) is 4.74 Å². The predicted octanol–water partition coefficient (Wildman–Crippen LogP) is 3.51. The molecule has 2 aliphatic heterocycles. The number of β-amino-alcohol motifs (C(OH)–C–C–N with tert-alkyl or cyclic N) is 1. The van der Waals surface area contributed by atoms with Crippen LogP contribution in [0.5, 0.6) is 5.75 Å². The Balaban J connectivity index is 1.41. The fourth-order valence-electron chi connectivity index (χ4n) is 6.34. The van der Waals surface area contributed by atoms with Gasteiger partial charge in [0.15, 0.2) is 0 Å². The lowest BCUT2D eigenvalue weighted by Crippen LogP contribution is -2.51. The van der Waals surface area contributed by atoms with Crippen LogP contribution in [0.2, 0.25) is 0 Å². The summed E-state index contributed by atoms with van der Waals surface area (Å²) in [5.74, 6) is -1.37. The Morgan fingerprint density at radius 3 is 2.42 bits per heavy atom. The van der Waals surface area contributed by atoms with Gasteiger partial charge in [0.05, 0.1) is 12.7 Å². The number of nitrogens with zero attached hydrogens (tertiary/aromatic N) is 2. The number of sulfonamides is 1. The normalized spacial score (nSPS) is 24.1. The van der Waals surface area contributed by atoms with Crippen LogP contribution in [-0.4, -0.2) is 81.7 Å². The summed E-state index contributed by atoms with van der Waals surface area (Å²) in [7, 11) is -2.06. The number of halogens is 2. The number of nitrogens with one attached hydrogen (secondary N) is 1. The smallest absolute Gasteiger partial charge is 0.254 e. The minimum absolute atomic E-state index is 0.0327. The average molecular weight is 578 g/mol. The molecule has 5 rings (SSSR count). The van der Waals surface area contributed by atoms with Crippen molar-refractivity contribution < 1.29 is 31.8 Å². The Morgan fingerprint density at radius 1 is 1.07 bits per heavy atom. The molecule has 1 amide bonds. The number of aliphatic hydroxyl groups excluding tert-OH is 1. The van der Waals surface area contributed by atoms with E-state index >= 15 is 0 Å². The fraction of sp³-hybridized carbons (Fsp3) is 0.552. The lowest BCUT2D eigenvalue weighted by atomic mass is 9.78. The van der Waals surface area contributed by atoms with Crippen molar-refractivity contribution >= 4 is 15.9 Å². The van der Waals surface area contributed by atoms with Gasteiger partial charge in [-0.1, -0.05) is 18.9 Å². The van der Waals surface area contributed by atoms with Gasteiger partial charge in [-0.05, 0) is 68.5 Å². The molecule has 1 saturated heterocycles. The highest BCUT2D eigenvalue weighted by molar-refractivity contribution is 7.89. The third-order valence-corrected chi connectivity index (χ3v) is 9.94. The maximum absolute atomic E-state index is 13.7. The van der Waals surface area contributed by atoms with Crippen LogP contribution in [0.4, 0.5) is 8.78 Å². The summed E-state index contributed by atoms with van der Waals surface area (Å²) >= 11 is 0. The second kappa shape index (κ2) is 11.7. The number of benzene rings is 2. The predicted molar refractivity (Wildman–Crippen MR) is 146 cm³/mol. The van der Waals surface area contributed by atoms with E-state index in [-0.39, 0.29) is 30.2 Å². The minimum Gasteiger partial charge on any atom is -0.492 e. The van der Waals surface area contributed by atoms with Crippen molar-refractivity contribution in [2.45, 2.75) is 55.4 Å². The van der Waals surface area contributed by atoms with Gasteiger partial charge in [-0.25, -0.2) is 21.9 Å². The molecule has 1 unspecified atom stereocenters. The van der Waals surface area contributed by atoms with Crippen LogP contribution in [0.15, 0.2) is 41.3 Å². The van der Waals surface area contributed by atoms with Crippen molar-refractivity contribution in [3.63, 3.8) is 0 Å². The molecule has 3 aliphatic rings. The number of hydrogen-bond donors (Lipinski definition) is 2. The fourth-order valence-corrected chi connectivity index (χ4v) is 7.54. The van der Waals surface area contributed by atoms with Crippen LogP contribution in [-0.2, 0) is 10.0 Å². The highest BCUT2D eigenvalue weighted by atomic mass is 32.2. The van der Waals surface area contributed by atoms with Gasteiger partial charge in [0.1, 0.15) is 22.3 Å². The zero-order chi connectivity index (χ0) is 28.5. The number of fused-ring (bicyclic) bond motifs is 1. The SMILES string of the molecule is CN1CC(O)CNS(=O)(=O)c2ccc(C3CCCC3)cc2OCC2(CCN(C(=O)c3cc(F)cc(F)c3)CC2)C1. The first kappa shape index (κ1) is 28.9. The lowest BCUT2D eigenvalue weighted by Gasteiger charge is -2.44. The van der Waals surface area contributed by atoms with Crippen LogP contribution in [0, 0.1) is 17.0 Å². The van der Waals surface area contributed by atoms with E-state index in [1.54, 1.807) is 11.0 Å². The van der Waals surface area contributed by atoms with Gasteiger partial charge in [0.25, 0.3) is 5.91 Å². The van der Waals surface area contributed by atoms with Crippen molar-refractivity contribution in [1.82, 2.24) is 14.5 Å². The number of carbonyl (C=O) groups is 1. The summed E-state index contributed by atoms with van der Waals surface area (Å²) < 4.78 is 62.8. The lowest BCUT2D eigenvalue weighted by molar-refractivity contribution is 0.0159. The quantitative estimate of drug-likeness (QED) is 0.567. The van der Waals surface area contributed by atoms with Crippen molar-refractivity contribution in [3.05, 3.63) is 59.2 Å². The molecule has 11 heteroatoms. The van der Waals surface area contributed by atoms with Gasteiger partial charge < -0.3 is 19.6 Å². The molecule has 2 N–H and O–H groups in total. The van der Waals surface area contributed by atoms with Crippen LogP contribution in [0.25, 0.3) is 0 Å². The van der Waals surface area contributed by atoms with Gasteiger partial charge in [-0.15, -0.1) is 0 Å². The first-order valence-corrected chi connectivity index (χ1v) is 15.4. The maximum atomic E-state index is 13.7. The van der Waals surface area contributed by atoms with E-state index in [1.165, 1.54) is 0 Å². The molecule has 0 aromatic heterocycles. The topological polar surface area (TPSA) is 99.2 Å². The number of hydrogen-bond acceptors (Lipinski definition) is 6. The Kier molecular flexibility index (Phi) is 8.47. The Hall–Kier alpha value is -2.60. The van der Waals surface area contributed by atoms with Crippen LogP contribution >= 0.6 is 0 Å². The third kappa shape index (κ3) is 6.48. The molecule has 40 heavy (non-hydrogen) atoms. The maximum Gasteiger partial charge on any atom is 0.254 e. The molecule has 8 nitrogen and oxygen atoms in total. The molecular formula is C29H37F2N3O5S. The largest absolute Gasteiger partial charge is 0.492 e. The van der Waals surface area contributed by atoms with E-state index in [0.717, 1.165) is 49.4 Å². The van der Waals surface area contributed by atoms with Gasteiger partial charge in [-0.2, -0.15) is 0 Å². The molecule has 218 valence electrons. The van der Waals surface area contributed by atoms with Crippen molar-refractivity contribution in [2.24, 2.45) is 5.41 Å². The number of amides is 1. The standard InChI is InChI=1S/C29H37F2N3O5S/c1-33-17-25(35)16-32-40(37,38)27-7-6-21(20-4-2-3-5-20)14-26(27)39-19-29(18-33)8-10-34(11-9-29)28(36)22-12-23(30)15-24(31)13-22/h6-7,12-15,20,25,32,35H,2-5,8-11,16-19H2,1H3. The van der Waals surface area contributed by atoms with Gasteiger partial charge in [-0.3, -0.25) is 4.79 Å². The monoisotopic (exact) mass is 577 g/mol. The second-order valence-corrected chi connectivity index (χ2v) is 13.4. The molecule has 2 aromatic rings. The average Bonchev–Trinajstić information content (AvgIpc) is 3.45. The highest BCUT2D eigenvalue weighted by Crippen LogP contribution is 2.39. The minimum atomic E-state index is -3.93. The Labute approximate surface area is 234 Å². The van der Waals surface area contributed by atoms with E-state index in [2.05, 4.69) is 4.72 Å². The zero-order valence-electron chi connectivity index (χ0n) is 22.7. The van der Waals surface area contributed by atoms with Crippen molar-refractivity contribution in [1.29, 1.82) is 0 Å². The number of aliphatic hydroxyl groups is 1. The summed E-state index contributed by atoms with van der Waals surface area (Å²) in [6.07, 6.45) is 4.58. The zero-order valence-corrected chi connectivity index (χ0v) is 23.6. The summed E-state index contributed by atoms with van der Waals surface area (Å²) in [4.78, 5) is 16.6. The van der Waals surface area contributed by atoms with E-state index in [1.807, 2.05) is 24.1 Å². The van der Waals surface area contributed by atoms with Crippen LogP contribution in [0.3, 0.4) is 0 Å². The van der Waals surface area contributed by atoms with Gasteiger partial charge >= 0.3 is 0 Å². The van der Waals surface area contributed by atoms with Crippen LogP contribution < -0.4 is 9.46 Å². The number of ether oxygens (including phenoxy) is 1. The summed E-state index contributed by atoms with van der Waals surface area (Å²) in [5.41, 5.74) is 0.595. The molecular weight excluding hydrogens is 540 g/mol. The molecule has 0 radical (unpaired) electrons. The number of rotatable bonds is 2. The first-order chi connectivity index (χ1) is 19.0.